The summed E-state index contributed by atoms with van der Waals surface area (Å²) in [6.07, 6.45) is 0.401. The van der Waals surface area contributed by atoms with E-state index in [1.807, 2.05) is 0 Å². The average molecular weight is 583 g/mol. The first kappa shape index (κ1) is 27.5. The Bertz CT molecular complexity index is 1690. The summed E-state index contributed by atoms with van der Waals surface area (Å²) in [4.78, 5) is 43.5. The summed E-state index contributed by atoms with van der Waals surface area (Å²) in [6, 6.07) is 5.63. The van der Waals surface area contributed by atoms with Gasteiger partial charge in [-0.05, 0) is 56.0 Å². The molecule has 1 saturated heterocycles. The molecule has 2 aromatic heterocycles. The number of imidazole rings is 1. The summed E-state index contributed by atoms with van der Waals surface area (Å²) in [7, 11) is 0. The highest BCUT2D eigenvalue weighted by Crippen LogP contribution is 2.54. The molecule has 1 aliphatic heterocycles. The highest BCUT2D eigenvalue weighted by Gasteiger charge is 2.65. The number of rotatable bonds is 8. The molecule has 10 nitrogen and oxygen atoms in total. The number of nitrogens with zero attached hydrogens (tertiary/aromatic N) is 5. The van der Waals surface area contributed by atoms with Crippen LogP contribution >= 0.6 is 0 Å². The van der Waals surface area contributed by atoms with Crippen LogP contribution in [0.2, 0.25) is 0 Å². The van der Waals surface area contributed by atoms with Gasteiger partial charge in [-0.25, -0.2) is 14.4 Å². The van der Waals surface area contributed by atoms with E-state index >= 15 is 0 Å². The molecule has 3 aliphatic rings. The molecule has 3 fully saturated rings. The molecular formula is C28H26F4N8O2. The first-order chi connectivity index (χ1) is 20.0. The van der Waals surface area contributed by atoms with Crippen molar-refractivity contribution < 1.29 is 27.2 Å². The molecule has 3 aromatic rings. The Kier molecular flexibility index (Phi) is 6.58. The van der Waals surface area contributed by atoms with Crippen molar-refractivity contribution in [3.05, 3.63) is 76.5 Å². The summed E-state index contributed by atoms with van der Waals surface area (Å²) in [5, 5.41) is 5.60. The lowest BCUT2D eigenvalue weighted by Gasteiger charge is -2.26. The van der Waals surface area contributed by atoms with Crippen molar-refractivity contribution >= 4 is 30.0 Å². The van der Waals surface area contributed by atoms with Crippen LogP contribution in [0.3, 0.4) is 0 Å². The number of alkyl halides is 3. The minimum absolute atomic E-state index is 0.00132. The molecule has 218 valence electrons. The van der Waals surface area contributed by atoms with E-state index in [0.717, 1.165) is 19.0 Å². The third-order valence-electron chi connectivity index (χ3n) is 7.62. The van der Waals surface area contributed by atoms with Crippen LogP contribution in [0.4, 0.5) is 17.6 Å². The van der Waals surface area contributed by atoms with Gasteiger partial charge in [-0.3, -0.25) is 19.6 Å². The number of halogens is 4. The highest BCUT2D eigenvalue weighted by atomic mass is 19.4. The summed E-state index contributed by atoms with van der Waals surface area (Å²) in [5.41, 5.74) is 4.46. The highest BCUT2D eigenvalue weighted by molar-refractivity contribution is 6.28. The molecule has 3 heterocycles. The van der Waals surface area contributed by atoms with Crippen molar-refractivity contribution in [2.75, 3.05) is 0 Å². The lowest BCUT2D eigenvalue weighted by atomic mass is 9.75. The monoisotopic (exact) mass is 582 g/mol. The van der Waals surface area contributed by atoms with Crippen LogP contribution in [0, 0.1) is 17.2 Å². The zero-order valence-corrected chi connectivity index (χ0v) is 22.2. The summed E-state index contributed by atoms with van der Waals surface area (Å²) < 4.78 is 55.5. The van der Waals surface area contributed by atoms with Gasteiger partial charge in [0.15, 0.2) is 16.8 Å². The molecule has 0 spiro atoms. The van der Waals surface area contributed by atoms with Gasteiger partial charge < -0.3 is 20.8 Å². The van der Waals surface area contributed by atoms with Gasteiger partial charge in [0.05, 0.1) is 23.5 Å². The Morgan fingerprint density at radius 2 is 1.98 bits per heavy atom. The third kappa shape index (κ3) is 4.90. The molecule has 0 bridgehead atoms. The number of carbonyl (C=O) groups is 2. The van der Waals surface area contributed by atoms with Crippen molar-refractivity contribution in [1.29, 1.82) is 0 Å². The van der Waals surface area contributed by atoms with E-state index in [0.29, 0.717) is 18.4 Å². The SMILES string of the molecule is C=N/C(N)=C1\C(=N/Cc2cn3cc(C(F)(F)F)nc3c(Cc3cccc(F)c3)n2)NC(=O)C1(C(=O)NC1CC1)C1CC1. The largest absolute Gasteiger partial charge is 0.434 e. The first-order valence-electron chi connectivity index (χ1n) is 13.3. The maximum atomic E-state index is 13.8. The standard InChI is InChI=1S/C28H26F4N8O2/c1-34-22(33)21-23(39-26(42)27(21,15-5-6-15)25(41)37-17-7-8-17)35-11-18-12-40-13-20(28(30,31)32)38-24(40)19(36-18)10-14-3-2-4-16(29)9-14/h2-4,9,12-13,15,17H,1,5-8,10-11,33H2,(H,37,41)(H,35,39,42)/b22-21+. The fourth-order valence-corrected chi connectivity index (χ4v) is 5.37. The number of benzene rings is 1. The van der Waals surface area contributed by atoms with Gasteiger partial charge in [0.2, 0.25) is 11.8 Å². The van der Waals surface area contributed by atoms with Crippen LogP contribution in [0.25, 0.3) is 5.65 Å². The number of aliphatic imine (C=N–C) groups is 2. The second kappa shape index (κ2) is 10.0. The first-order valence-corrected chi connectivity index (χ1v) is 13.3. The van der Waals surface area contributed by atoms with Crippen molar-refractivity contribution in [3.63, 3.8) is 0 Å². The third-order valence-corrected chi connectivity index (χ3v) is 7.62. The second-order valence-electron chi connectivity index (χ2n) is 10.7. The van der Waals surface area contributed by atoms with Crippen molar-refractivity contribution in [3.8, 4) is 0 Å². The topological polar surface area (TPSA) is 139 Å². The van der Waals surface area contributed by atoms with Gasteiger partial charge in [0.1, 0.15) is 17.5 Å². The van der Waals surface area contributed by atoms with E-state index in [2.05, 4.69) is 37.3 Å². The lowest BCUT2D eigenvalue weighted by molar-refractivity contribution is -0.141. The molecule has 1 unspecified atom stereocenters. The Morgan fingerprint density at radius 3 is 2.62 bits per heavy atom. The number of aromatic nitrogens is 3. The van der Waals surface area contributed by atoms with Gasteiger partial charge in [0.25, 0.3) is 0 Å². The van der Waals surface area contributed by atoms with E-state index in [-0.39, 0.29) is 59.2 Å². The summed E-state index contributed by atoms with van der Waals surface area (Å²) in [6.45, 7) is 3.28. The van der Waals surface area contributed by atoms with Crippen LogP contribution in [-0.2, 0) is 28.7 Å². The van der Waals surface area contributed by atoms with Crippen molar-refractivity contribution in [2.45, 2.75) is 50.9 Å². The number of nitrogens with one attached hydrogen (secondary N) is 2. The Morgan fingerprint density at radius 1 is 1.21 bits per heavy atom. The quantitative estimate of drug-likeness (QED) is 0.213. The van der Waals surface area contributed by atoms with E-state index in [1.54, 1.807) is 6.07 Å². The minimum atomic E-state index is -4.70. The van der Waals surface area contributed by atoms with Gasteiger partial charge in [-0.1, -0.05) is 12.1 Å². The number of hydrogen-bond acceptors (Lipinski definition) is 7. The Labute approximate surface area is 236 Å². The van der Waals surface area contributed by atoms with Gasteiger partial charge in [-0.2, -0.15) is 13.2 Å². The Balaban J connectivity index is 1.40. The lowest BCUT2D eigenvalue weighted by Crippen LogP contribution is -2.49. The number of carbonyl (C=O) groups excluding carboxylic acids is 2. The van der Waals surface area contributed by atoms with Crippen molar-refractivity contribution in [2.24, 2.45) is 27.1 Å². The van der Waals surface area contributed by atoms with Gasteiger partial charge in [0, 0.05) is 24.9 Å². The number of amidine groups is 1. The van der Waals surface area contributed by atoms with Crippen LogP contribution in [0.5, 0.6) is 0 Å². The normalized spacial score (nSPS) is 22.9. The minimum Gasteiger partial charge on any atom is -0.383 e. The Hall–Kier alpha value is -4.62. The van der Waals surface area contributed by atoms with Crippen LogP contribution < -0.4 is 16.4 Å². The number of fused-ring (bicyclic) bond motifs is 1. The predicted octanol–water partition coefficient (Wildman–Crippen LogP) is 3.05. The zero-order valence-electron chi connectivity index (χ0n) is 22.2. The van der Waals surface area contributed by atoms with E-state index in [4.69, 9.17) is 5.73 Å². The number of hydrogen-bond donors (Lipinski definition) is 3. The van der Waals surface area contributed by atoms with Crippen LogP contribution in [0.1, 0.15) is 48.3 Å². The van der Waals surface area contributed by atoms with E-state index < -0.39 is 34.9 Å². The van der Waals surface area contributed by atoms with Gasteiger partial charge >= 0.3 is 6.18 Å². The van der Waals surface area contributed by atoms with Crippen LogP contribution in [-0.4, -0.2) is 44.8 Å². The fraction of sp³-hybridized carbons (Fsp3) is 0.357. The molecule has 42 heavy (non-hydrogen) atoms. The molecule has 2 amide bonds. The molecule has 1 atom stereocenters. The maximum Gasteiger partial charge on any atom is 0.434 e. The molecule has 1 aromatic carbocycles. The molecular weight excluding hydrogens is 556 g/mol. The maximum absolute atomic E-state index is 13.8. The molecule has 0 radical (unpaired) electrons. The molecule has 14 heteroatoms. The fourth-order valence-electron chi connectivity index (χ4n) is 5.37. The number of nitrogens with two attached hydrogens (primary N) is 1. The van der Waals surface area contributed by atoms with Crippen molar-refractivity contribution in [1.82, 2.24) is 25.0 Å². The smallest absolute Gasteiger partial charge is 0.383 e. The molecule has 2 saturated carbocycles. The molecule has 4 N–H and O–H groups in total. The summed E-state index contributed by atoms with van der Waals surface area (Å²) in [5.74, 6) is -1.92. The van der Waals surface area contributed by atoms with E-state index in [9.17, 15) is 27.2 Å². The molecule has 2 aliphatic carbocycles. The van der Waals surface area contributed by atoms with Crippen LogP contribution in [0.15, 0.2) is 58.0 Å². The van der Waals surface area contributed by atoms with Gasteiger partial charge in [-0.15, -0.1) is 0 Å². The predicted molar refractivity (Wildman–Crippen MR) is 144 cm³/mol. The average Bonchev–Trinajstić information content (AvgIpc) is 3.86. The summed E-state index contributed by atoms with van der Waals surface area (Å²) >= 11 is 0. The number of amides is 2. The second-order valence-corrected chi connectivity index (χ2v) is 10.7. The molecule has 6 rings (SSSR count). The van der Waals surface area contributed by atoms with E-state index in [1.165, 1.54) is 28.8 Å². The zero-order chi connectivity index (χ0) is 29.8.